The maximum Gasteiger partial charge on any atom is 0.252 e. The van der Waals surface area contributed by atoms with Crippen molar-refractivity contribution in [2.45, 2.75) is 55.8 Å². The lowest BCUT2D eigenvalue weighted by Gasteiger charge is -2.41. The van der Waals surface area contributed by atoms with Gasteiger partial charge >= 0.3 is 0 Å². The van der Waals surface area contributed by atoms with Crippen LogP contribution in [0.25, 0.3) is 0 Å². The van der Waals surface area contributed by atoms with E-state index in [-0.39, 0.29) is 11.9 Å². The van der Waals surface area contributed by atoms with Gasteiger partial charge in [0.15, 0.2) is 0 Å². The Labute approximate surface area is 160 Å². The topological polar surface area (TPSA) is 60.9 Å². The van der Waals surface area contributed by atoms with Crippen molar-refractivity contribution in [2.24, 2.45) is 0 Å². The summed E-state index contributed by atoms with van der Waals surface area (Å²) in [5, 5.41) is 1.78. The molecule has 1 aromatic rings. The van der Waals surface area contributed by atoms with Crippen molar-refractivity contribution in [1.82, 2.24) is 14.1 Å². The van der Waals surface area contributed by atoms with E-state index >= 15 is 0 Å². The molecule has 0 N–H and O–H groups in total. The largest absolute Gasteiger partial charge is 0.338 e. The number of thiophene rings is 1. The number of carbonyl (C=O) groups excluding carboxylic acids is 1. The summed E-state index contributed by atoms with van der Waals surface area (Å²) >= 11 is 1.25. The van der Waals surface area contributed by atoms with E-state index in [4.69, 9.17) is 0 Å². The van der Waals surface area contributed by atoms with Crippen molar-refractivity contribution in [3.05, 3.63) is 17.5 Å². The third kappa shape index (κ3) is 3.98. The van der Waals surface area contributed by atoms with Crippen LogP contribution in [0.4, 0.5) is 0 Å². The third-order valence-electron chi connectivity index (χ3n) is 5.65. The molecule has 0 aromatic carbocycles. The molecule has 0 spiro atoms. The molecule has 2 saturated heterocycles. The Balaban J connectivity index is 1.60. The Morgan fingerprint density at radius 1 is 1.23 bits per heavy atom. The van der Waals surface area contributed by atoms with Crippen LogP contribution < -0.4 is 0 Å². The van der Waals surface area contributed by atoms with Gasteiger partial charge in [-0.05, 0) is 44.1 Å². The number of sulfonamides is 1. The Morgan fingerprint density at radius 2 is 1.96 bits per heavy atom. The molecule has 3 heterocycles. The molecule has 0 aliphatic carbocycles. The Morgan fingerprint density at radius 3 is 2.58 bits per heavy atom. The molecule has 2 fully saturated rings. The Hall–Kier alpha value is -0.960. The van der Waals surface area contributed by atoms with E-state index in [0.717, 1.165) is 25.8 Å². The summed E-state index contributed by atoms with van der Waals surface area (Å²) in [4.78, 5) is 17.2. The van der Waals surface area contributed by atoms with E-state index in [0.29, 0.717) is 36.4 Å². The quantitative estimate of drug-likeness (QED) is 0.762. The fourth-order valence-electron chi connectivity index (χ4n) is 3.98. The lowest BCUT2D eigenvalue weighted by atomic mass is 9.99. The first-order valence-corrected chi connectivity index (χ1v) is 11.8. The van der Waals surface area contributed by atoms with Crippen LogP contribution in [0.2, 0.25) is 0 Å². The van der Waals surface area contributed by atoms with Gasteiger partial charge in [0.1, 0.15) is 4.21 Å². The summed E-state index contributed by atoms with van der Waals surface area (Å²) in [5.41, 5.74) is 0. The molecule has 2 aliphatic rings. The van der Waals surface area contributed by atoms with Crippen molar-refractivity contribution >= 4 is 27.3 Å². The van der Waals surface area contributed by atoms with E-state index < -0.39 is 10.0 Å². The van der Waals surface area contributed by atoms with E-state index in [1.54, 1.807) is 21.8 Å². The summed E-state index contributed by atoms with van der Waals surface area (Å²) in [6.45, 7) is 7.05. The normalized spacial score (nSPS) is 24.5. The summed E-state index contributed by atoms with van der Waals surface area (Å²) in [6, 6.07) is 3.59. The van der Waals surface area contributed by atoms with Crippen LogP contribution in [0.3, 0.4) is 0 Å². The molecule has 0 bridgehead atoms. The summed E-state index contributed by atoms with van der Waals surface area (Å²) in [7, 11) is -3.39. The van der Waals surface area contributed by atoms with Gasteiger partial charge in [-0.25, -0.2) is 8.42 Å². The molecule has 6 nitrogen and oxygen atoms in total. The highest BCUT2D eigenvalue weighted by Gasteiger charge is 2.35. The molecule has 2 atom stereocenters. The highest BCUT2D eigenvalue weighted by Crippen LogP contribution is 2.24. The molecule has 8 heteroatoms. The molecule has 1 aromatic heterocycles. The van der Waals surface area contributed by atoms with Crippen molar-refractivity contribution in [3.8, 4) is 0 Å². The zero-order valence-electron chi connectivity index (χ0n) is 15.6. The lowest BCUT2D eigenvalue weighted by molar-refractivity contribution is -0.140. The SMILES string of the molecule is CC[C@@H]1CCCCN1C(=O)[C@@H](C)N1CCN(S(=O)(=O)c2cccs2)CC1. The number of piperidine rings is 1. The first-order valence-electron chi connectivity index (χ1n) is 9.53. The molecular weight excluding hydrogens is 370 g/mol. The average molecular weight is 400 g/mol. The minimum absolute atomic E-state index is 0.186. The second-order valence-electron chi connectivity index (χ2n) is 7.14. The van der Waals surface area contributed by atoms with Gasteiger partial charge in [0.2, 0.25) is 5.91 Å². The van der Waals surface area contributed by atoms with Crippen LogP contribution >= 0.6 is 11.3 Å². The fourth-order valence-corrected chi connectivity index (χ4v) is 6.55. The van der Waals surface area contributed by atoms with E-state index in [9.17, 15) is 13.2 Å². The van der Waals surface area contributed by atoms with Crippen LogP contribution in [0.5, 0.6) is 0 Å². The second kappa shape index (κ2) is 8.37. The number of carbonyl (C=O) groups is 1. The van der Waals surface area contributed by atoms with Gasteiger partial charge in [-0.1, -0.05) is 13.0 Å². The molecule has 146 valence electrons. The van der Waals surface area contributed by atoms with Gasteiger partial charge in [-0.2, -0.15) is 4.31 Å². The van der Waals surface area contributed by atoms with Crippen LogP contribution in [0.1, 0.15) is 39.5 Å². The molecule has 0 saturated carbocycles. The first-order chi connectivity index (χ1) is 12.4. The summed E-state index contributed by atoms with van der Waals surface area (Å²) in [5.74, 6) is 0.200. The van der Waals surface area contributed by atoms with E-state index in [2.05, 4.69) is 16.7 Å². The number of rotatable bonds is 5. The third-order valence-corrected chi connectivity index (χ3v) is 8.92. The minimum atomic E-state index is -3.39. The molecular formula is C18H29N3O3S2. The number of hydrogen-bond donors (Lipinski definition) is 0. The van der Waals surface area contributed by atoms with Crippen molar-refractivity contribution < 1.29 is 13.2 Å². The molecule has 0 radical (unpaired) electrons. The van der Waals surface area contributed by atoms with Gasteiger partial charge < -0.3 is 4.90 Å². The average Bonchev–Trinajstić information content (AvgIpc) is 3.22. The van der Waals surface area contributed by atoms with Crippen molar-refractivity contribution in [3.63, 3.8) is 0 Å². The van der Waals surface area contributed by atoms with Crippen LogP contribution in [0, 0.1) is 0 Å². The lowest BCUT2D eigenvalue weighted by Crippen LogP contribution is -2.57. The molecule has 0 unspecified atom stereocenters. The predicted octanol–water partition coefficient (Wildman–Crippen LogP) is 2.23. The standard InChI is InChI=1S/C18H29N3O3S2/c1-3-16-7-4-5-9-21(16)18(22)15(2)19-10-12-20(13-11-19)26(23,24)17-8-6-14-25-17/h6,8,14-16H,3-5,7,9-13H2,1-2H3/t15-,16-/m1/s1. The maximum atomic E-state index is 13.0. The monoisotopic (exact) mass is 399 g/mol. The zero-order valence-corrected chi connectivity index (χ0v) is 17.3. The van der Waals surface area contributed by atoms with Crippen LogP contribution in [-0.4, -0.2) is 73.2 Å². The highest BCUT2D eigenvalue weighted by molar-refractivity contribution is 7.91. The molecule has 2 aliphatic heterocycles. The minimum Gasteiger partial charge on any atom is -0.338 e. The number of hydrogen-bond acceptors (Lipinski definition) is 5. The van der Waals surface area contributed by atoms with Gasteiger partial charge in [0.05, 0.1) is 6.04 Å². The number of piperazine rings is 1. The molecule has 1 amide bonds. The number of likely N-dealkylation sites (tertiary alicyclic amines) is 1. The predicted molar refractivity (Wildman–Crippen MR) is 104 cm³/mol. The molecule has 3 rings (SSSR count). The van der Waals surface area contributed by atoms with Gasteiger partial charge in [-0.15, -0.1) is 11.3 Å². The van der Waals surface area contributed by atoms with Crippen molar-refractivity contribution in [1.29, 1.82) is 0 Å². The fraction of sp³-hybridized carbons (Fsp3) is 0.722. The Kier molecular flexibility index (Phi) is 6.37. The van der Waals surface area contributed by atoms with Gasteiger partial charge in [0.25, 0.3) is 10.0 Å². The van der Waals surface area contributed by atoms with Gasteiger partial charge in [0, 0.05) is 38.8 Å². The van der Waals surface area contributed by atoms with Crippen LogP contribution in [-0.2, 0) is 14.8 Å². The zero-order chi connectivity index (χ0) is 18.7. The van der Waals surface area contributed by atoms with E-state index in [1.165, 1.54) is 17.8 Å². The van der Waals surface area contributed by atoms with Gasteiger partial charge in [-0.3, -0.25) is 9.69 Å². The van der Waals surface area contributed by atoms with Crippen LogP contribution in [0.15, 0.2) is 21.7 Å². The molecule has 26 heavy (non-hydrogen) atoms. The second-order valence-corrected chi connectivity index (χ2v) is 10.3. The Bertz CT molecular complexity index is 697. The summed E-state index contributed by atoms with van der Waals surface area (Å²) in [6.07, 6.45) is 4.39. The maximum absolute atomic E-state index is 13.0. The van der Waals surface area contributed by atoms with E-state index in [1.807, 2.05) is 6.92 Å². The summed E-state index contributed by atoms with van der Waals surface area (Å²) < 4.78 is 27.2. The number of amides is 1. The smallest absolute Gasteiger partial charge is 0.252 e. The number of nitrogens with zero attached hydrogens (tertiary/aromatic N) is 3. The van der Waals surface area contributed by atoms with Crippen molar-refractivity contribution in [2.75, 3.05) is 32.7 Å². The highest BCUT2D eigenvalue weighted by atomic mass is 32.2. The first kappa shape index (κ1) is 19.8.